The molecule has 0 fully saturated rings. The summed E-state index contributed by atoms with van der Waals surface area (Å²) in [6.45, 7) is 29.3. The summed E-state index contributed by atoms with van der Waals surface area (Å²) in [6.07, 6.45) is 19.8. The Balaban J connectivity index is 0.000000321. The van der Waals surface area contributed by atoms with E-state index < -0.39 is 69.4 Å². The second-order valence-electron chi connectivity index (χ2n) is 30.3. The number of aliphatic carboxylic acids is 1. The number of nitrogens with zero attached hydrogens (tertiary/aromatic N) is 5. The summed E-state index contributed by atoms with van der Waals surface area (Å²) in [6, 6.07) is 18.9. The fourth-order valence-electron chi connectivity index (χ4n) is 13.2. The number of allylic oxidation sites excluding steroid dienone is 2. The van der Waals surface area contributed by atoms with Gasteiger partial charge in [-0.15, -0.1) is 12.6 Å². The molecule has 0 spiro atoms. The first-order valence-electron chi connectivity index (χ1n) is 37.0. The molecule has 8 rings (SSSR count). The summed E-state index contributed by atoms with van der Waals surface area (Å²) >= 11 is 0. The van der Waals surface area contributed by atoms with Crippen molar-refractivity contribution in [3.05, 3.63) is 130 Å². The molecule has 111 heavy (non-hydrogen) atoms. The van der Waals surface area contributed by atoms with E-state index in [0.717, 1.165) is 70.1 Å². The van der Waals surface area contributed by atoms with Crippen LogP contribution in [0.4, 0.5) is 11.4 Å². The number of aryl methyl sites for hydroxylation is 2. The monoisotopic (exact) mass is 1630 g/mol. The Bertz CT molecular complexity index is 4850. The van der Waals surface area contributed by atoms with E-state index in [9.17, 15) is 58.6 Å². The molecule has 0 radical (unpaired) electrons. The standard InChI is InChI=1S/C39H53N3O8S.C28H32N2O7S.C11H23NO5S.O3S/c1-7-17-41(19-9-8-16-39(5,6)49-28-43)36(44)13-12-20-42-34-26-35-31(24-32(34)29(2)27-38(42,3)4)25-33(37(45)50-35)30-14-21-40(22-15-30)18-10-11-23-51(46,47)48;1-19-18-28(2,3)30(11-6-7-26(31)32)24-17-25-21(15-22(19)24)16-23(27(33)37-25)20-8-12-29(13-9-20)10-4-5-14-38(34,35)36;1-11(2,3)17-10(13)6-4-7-12-8-5-9-18(14,15)16;1-4(2)3/h14-15,21-22,24-28H,7-13,16-20,23H2,1-6H3;8-9,12-13,15-18H,4-7,10-11,14H2,1-3H3,(H-,31,32,34,35,36);12H,4-9H2,1-3H3,(H,14,15,16);/p+1. The minimum absolute atomic E-state index is 0.0791. The number of carbonyl (C=O) groups excluding carboxylic acids is 3. The van der Waals surface area contributed by atoms with E-state index in [4.69, 9.17) is 45.1 Å². The van der Waals surface area contributed by atoms with Gasteiger partial charge in [-0.05, 0) is 189 Å². The highest BCUT2D eigenvalue weighted by Crippen LogP contribution is 2.43. The number of unbranched alkanes of at least 4 members (excludes halogenated alkanes) is 3. The quantitative estimate of drug-likeness (QED) is 0.00703. The maximum atomic E-state index is 13.3. The number of anilines is 2. The van der Waals surface area contributed by atoms with Gasteiger partial charge >= 0.3 is 33.8 Å². The minimum Gasteiger partial charge on any atom is -0.748 e. The number of carbonyl (C=O) groups is 4. The van der Waals surface area contributed by atoms with Crippen molar-refractivity contribution in [3.8, 4) is 22.3 Å². The van der Waals surface area contributed by atoms with Crippen LogP contribution in [-0.4, -0.2) is 165 Å². The second kappa shape index (κ2) is 41.8. The van der Waals surface area contributed by atoms with Crippen LogP contribution >= 0.6 is 0 Å². The number of hydrogen-bond acceptors (Lipinski definition) is 23. The number of ether oxygens (including phenoxy) is 2. The summed E-state index contributed by atoms with van der Waals surface area (Å²) < 4.78 is 143. The molecular formula is C78H109N6O23S4+. The van der Waals surface area contributed by atoms with Gasteiger partial charge in [0.25, 0.3) is 26.7 Å². The van der Waals surface area contributed by atoms with Crippen molar-refractivity contribution < 1.29 is 103 Å². The molecule has 2 aromatic carbocycles. The first-order chi connectivity index (χ1) is 51.7. The predicted octanol–water partition coefficient (Wildman–Crippen LogP) is 10.5. The van der Waals surface area contributed by atoms with Crippen LogP contribution in [-0.2, 0) is 82.7 Å². The van der Waals surface area contributed by atoms with Crippen molar-refractivity contribution in [2.24, 2.45) is 0 Å². The molecule has 612 valence electrons. The largest absolute Gasteiger partial charge is 0.748 e. The molecule has 0 bridgehead atoms. The molecule has 0 aliphatic carbocycles. The SMILES string of the molecule is CC(C)(C)OC(=O)CCCNCCCS(=O)(=O)O.CC1=CC(C)(C)N(CCCC(=O)O)c2cc3oc(=O)c(-c4cc[n+](CCCCS(=O)(=O)[O-])cc4)cc3cc21.CCCN(CCCCC(C)(C)OC=O)C(=O)CCCN1c2cc3oc(=O)c(-c4cc[n+](CCCCS(=O)(=O)O)cc4)cc3cc2C(C)=CC1(C)C.O=S(=O)=O. The van der Waals surface area contributed by atoms with Crippen LogP contribution < -0.4 is 35.5 Å². The van der Waals surface area contributed by atoms with Gasteiger partial charge in [0.15, 0.2) is 24.8 Å². The molecule has 33 heteroatoms. The average Bonchev–Trinajstić information content (AvgIpc) is 0.751. The number of fused-ring (bicyclic) bond motifs is 4. The van der Waals surface area contributed by atoms with E-state index in [-0.39, 0.29) is 46.6 Å². The zero-order valence-corrected chi connectivity index (χ0v) is 68.8. The Morgan fingerprint density at radius 1 is 0.613 bits per heavy atom. The van der Waals surface area contributed by atoms with Gasteiger partial charge in [-0.25, -0.2) is 27.1 Å². The molecule has 6 heterocycles. The number of carboxylic acids is 1. The third kappa shape index (κ3) is 32.2. The highest BCUT2D eigenvalue weighted by atomic mass is 32.2. The number of nitrogens with one attached hydrogen (secondary N) is 1. The lowest BCUT2D eigenvalue weighted by atomic mass is 9.87. The average molecular weight is 1630 g/mol. The minimum atomic E-state index is -4.20. The third-order valence-corrected chi connectivity index (χ3v) is 20.7. The molecular weight excluding hydrogens is 1520 g/mol. The molecule has 6 aromatic rings. The Kier molecular flexibility index (Phi) is 35.0. The van der Waals surface area contributed by atoms with Crippen LogP contribution in [0.25, 0.3) is 55.3 Å². The summed E-state index contributed by atoms with van der Waals surface area (Å²) in [5.41, 5.74) is 6.90. The summed E-state index contributed by atoms with van der Waals surface area (Å²) in [7, 11) is -15.1. The van der Waals surface area contributed by atoms with E-state index in [0.29, 0.717) is 156 Å². The number of rotatable bonds is 37. The van der Waals surface area contributed by atoms with E-state index >= 15 is 0 Å². The Hall–Kier alpha value is -8.57. The number of esters is 1. The number of benzene rings is 2. The lowest BCUT2D eigenvalue weighted by Crippen LogP contribution is -2.46. The van der Waals surface area contributed by atoms with Gasteiger partial charge in [0.05, 0.1) is 43.8 Å². The highest BCUT2D eigenvalue weighted by molar-refractivity contribution is 7.86. The smallest absolute Gasteiger partial charge is 0.425 e. The van der Waals surface area contributed by atoms with E-state index in [1.807, 2.05) is 123 Å². The highest BCUT2D eigenvalue weighted by Gasteiger charge is 2.34. The zero-order valence-electron chi connectivity index (χ0n) is 65.6. The van der Waals surface area contributed by atoms with Crippen LogP contribution in [0.3, 0.4) is 0 Å². The van der Waals surface area contributed by atoms with Gasteiger partial charge < -0.3 is 48.0 Å². The van der Waals surface area contributed by atoms with Crippen LogP contribution in [0.2, 0.25) is 0 Å². The zero-order chi connectivity index (χ0) is 82.9. The maximum Gasteiger partial charge on any atom is 0.425 e. The molecule has 0 unspecified atom stereocenters. The molecule has 1 amide bonds. The van der Waals surface area contributed by atoms with Crippen molar-refractivity contribution in [1.29, 1.82) is 0 Å². The van der Waals surface area contributed by atoms with Crippen molar-refractivity contribution in [2.75, 3.05) is 66.3 Å². The lowest BCUT2D eigenvalue weighted by molar-refractivity contribution is -0.697. The van der Waals surface area contributed by atoms with Crippen LogP contribution in [0.15, 0.2) is 116 Å². The van der Waals surface area contributed by atoms with E-state index in [2.05, 4.69) is 74.9 Å². The molecule has 4 aromatic heterocycles. The molecule has 0 atom stereocenters. The predicted molar refractivity (Wildman–Crippen MR) is 423 cm³/mol. The van der Waals surface area contributed by atoms with Crippen LogP contribution in [0.1, 0.15) is 191 Å². The summed E-state index contributed by atoms with van der Waals surface area (Å²) in [5.74, 6) is -1.81. The maximum absolute atomic E-state index is 13.3. The molecule has 0 saturated carbocycles. The Morgan fingerprint density at radius 2 is 1.05 bits per heavy atom. The fraction of sp³-hybridized carbons (Fsp3) is 0.538. The molecule has 0 saturated heterocycles. The van der Waals surface area contributed by atoms with Gasteiger partial charge in [-0.1, -0.05) is 19.1 Å². The van der Waals surface area contributed by atoms with Crippen molar-refractivity contribution in [2.45, 2.75) is 215 Å². The van der Waals surface area contributed by atoms with Crippen molar-refractivity contribution in [1.82, 2.24) is 10.2 Å². The van der Waals surface area contributed by atoms with E-state index in [1.54, 1.807) is 12.1 Å². The summed E-state index contributed by atoms with van der Waals surface area (Å²) in [5, 5.41) is 13.7. The molecule has 2 aliphatic heterocycles. The lowest BCUT2D eigenvalue weighted by Gasteiger charge is -2.43. The van der Waals surface area contributed by atoms with Gasteiger partial charge in [0.1, 0.15) is 35.5 Å². The van der Waals surface area contributed by atoms with Crippen LogP contribution in [0, 0.1) is 0 Å². The van der Waals surface area contributed by atoms with E-state index in [1.165, 1.54) is 0 Å². The van der Waals surface area contributed by atoms with Gasteiger partial charge in [-0.3, -0.25) is 28.3 Å². The Labute approximate surface area is 652 Å². The first kappa shape index (κ1) is 93.0. The number of carboxylic acid groups (broad SMARTS) is 1. The van der Waals surface area contributed by atoms with Crippen molar-refractivity contribution in [3.63, 3.8) is 0 Å². The van der Waals surface area contributed by atoms with Gasteiger partial charge in [-0.2, -0.15) is 16.8 Å². The van der Waals surface area contributed by atoms with Crippen molar-refractivity contribution >= 4 is 110 Å². The topological polar surface area (TPSA) is 414 Å². The third-order valence-electron chi connectivity index (χ3n) is 18.3. The second-order valence-corrected chi connectivity index (χ2v) is 35.4. The normalized spacial score (nSPS) is 13.9. The number of amides is 1. The molecule has 4 N–H and O–H groups in total. The first-order valence-corrected chi connectivity index (χ1v) is 42.8. The van der Waals surface area contributed by atoms with Crippen LogP contribution in [0.5, 0.6) is 0 Å². The number of hydrogen-bond donors (Lipinski definition) is 4. The molecule has 2 aliphatic rings. The Morgan fingerprint density at radius 3 is 1.47 bits per heavy atom. The summed E-state index contributed by atoms with van der Waals surface area (Å²) in [4.78, 5) is 79.1. The molecule has 29 nitrogen and oxygen atoms in total. The van der Waals surface area contributed by atoms with Gasteiger partial charge in [0.2, 0.25) is 5.91 Å². The van der Waals surface area contributed by atoms with Gasteiger partial charge in [0, 0.05) is 145 Å². The fourth-order valence-corrected chi connectivity index (χ4v) is 14.8. The number of pyridine rings is 2. The number of aromatic nitrogens is 2.